The summed E-state index contributed by atoms with van der Waals surface area (Å²) >= 11 is 0. The number of para-hydroxylation sites is 2. The van der Waals surface area contributed by atoms with Crippen LogP contribution >= 0.6 is 0 Å². The Morgan fingerprint density at radius 3 is 2.30 bits per heavy atom. The quantitative estimate of drug-likeness (QED) is 0.690. The Labute approximate surface area is 158 Å². The molecule has 0 aliphatic rings. The van der Waals surface area contributed by atoms with Crippen molar-refractivity contribution in [3.63, 3.8) is 0 Å². The van der Waals surface area contributed by atoms with E-state index >= 15 is 0 Å². The van der Waals surface area contributed by atoms with Gasteiger partial charge in [0.25, 0.3) is 5.91 Å². The fraction of sp³-hybridized carbons (Fsp3) is 0.333. The Hall–Kier alpha value is -3.02. The van der Waals surface area contributed by atoms with Crippen molar-refractivity contribution in [2.24, 2.45) is 5.92 Å². The smallest absolute Gasteiger partial charge is 0.252 e. The van der Waals surface area contributed by atoms with Crippen LogP contribution in [0.4, 0.5) is 0 Å². The number of methoxy groups -OCH3 is 2. The van der Waals surface area contributed by atoms with Crippen molar-refractivity contribution in [3.05, 3.63) is 53.3 Å². The van der Waals surface area contributed by atoms with E-state index in [0.717, 1.165) is 22.4 Å². The molecule has 3 aromatic rings. The van der Waals surface area contributed by atoms with Crippen LogP contribution in [0.25, 0.3) is 11.0 Å². The first kappa shape index (κ1) is 18.8. The van der Waals surface area contributed by atoms with E-state index in [2.05, 4.69) is 29.1 Å². The number of fused-ring (bicyclic) bond motifs is 1. The molecule has 2 N–H and O–H groups in total. The van der Waals surface area contributed by atoms with E-state index in [-0.39, 0.29) is 17.9 Å². The summed E-state index contributed by atoms with van der Waals surface area (Å²) in [4.78, 5) is 20.9. The van der Waals surface area contributed by atoms with E-state index < -0.39 is 0 Å². The van der Waals surface area contributed by atoms with Gasteiger partial charge in [0.1, 0.15) is 17.3 Å². The van der Waals surface area contributed by atoms with E-state index in [1.807, 2.05) is 31.2 Å². The highest BCUT2D eigenvalue weighted by molar-refractivity contribution is 5.95. The van der Waals surface area contributed by atoms with E-state index in [0.29, 0.717) is 17.1 Å². The first-order chi connectivity index (χ1) is 12.9. The van der Waals surface area contributed by atoms with Gasteiger partial charge in [-0.1, -0.05) is 26.0 Å². The van der Waals surface area contributed by atoms with Gasteiger partial charge in [0.05, 0.1) is 31.3 Å². The number of nitrogens with zero attached hydrogens (tertiary/aromatic N) is 1. The molecule has 27 heavy (non-hydrogen) atoms. The molecule has 142 valence electrons. The number of ether oxygens (including phenoxy) is 2. The molecule has 1 aromatic heterocycles. The van der Waals surface area contributed by atoms with E-state index in [4.69, 9.17) is 9.47 Å². The third-order valence-electron chi connectivity index (χ3n) is 4.67. The predicted octanol–water partition coefficient (Wildman–Crippen LogP) is 4.02. The SMILES string of the molecule is COc1cc(C(=O)NC(c2nc3ccccc3[nH]2)C(C)C)cc(OC)c1C. The molecule has 0 bridgehead atoms. The van der Waals surface area contributed by atoms with Gasteiger partial charge in [0.15, 0.2) is 0 Å². The number of hydrogen-bond acceptors (Lipinski definition) is 4. The van der Waals surface area contributed by atoms with Crippen LogP contribution < -0.4 is 14.8 Å². The highest BCUT2D eigenvalue weighted by Gasteiger charge is 2.23. The molecular weight excluding hydrogens is 342 g/mol. The number of imidazole rings is 1. The standard InChI is InChI=1S/C21H25N3O3/c1-12(2)19(20-22-15-8-6-7-9-16(15)23-20)24-21(25)14-10-17(26-4)13(3)18(11-14)27-5/h6-12,19H,1-5H3,(H,22,23)(H,24,25). The zero-order valence-corrected chi connectivity index (χ0v) is 16.3. The number of nitrogens with one attached hydrogen (secondary N) is 2. The first-order valence-electron chi connectivity index (χ1n) is 8.92. The minimum atomic E-state index is -0.247. The fourth-order valence-corrected chi connectivity index (χ4v) is 3.11. The van der Waals surface area contributed by atoms with Gasteiger partial charge in [-0.15, -0.1) is 0 Å². The van der Waals surface area contributed by atoms with Crippen molar-refractivity contribution in [3.8, 4) is 11.5 Å². The first-order valence-corrected chi connectivity index (χ1v) is 8.92. The lowest BCUT2D eigenvalue weighted by Crippen LogP contribution is -2.32. The third-order valence-corrected chi connectivity index (χ3v) is 4.67. The topological polar surface area (TPSA) is 76.2 Å². The molecule has 0 aliphatic heterocycles. The molecule has 0 fully saturated rings. The Morgan fingerprint density at radius 1 is 1.11 bits per heavy atom. The van der Waals surface area contributed by atoms with Gasteiger partial charge in [0.2, 0.25) is 0 Å². The van der Waals surface area contributed by atoms with Crippen molar-refractivity contribution in [1.82, 2.24) is 15.3 Å². The number of rotatable bonds is 6. The second kappa shape index (κ2) is 7.70. The molecule has 1 heterocycles. The maximum atomic E-state index is 12.9. The van der Waals surface area contributed by atoms with Crippen molar-refractivity contribution in [2.45, 2.75) is 26.8 Å². The van der Waals surface area contributed by atoms with Crippen LogP contribution in [-0.2, 0) is 0 Å². The summed E-state index contributed by atoms with van der Waals surface area (Å²) in [5.74, 6) is 1.92. The monoisotopic (exact) mass is 367 g/mol. The highest BCUT2D eigenvalue weighted by Crippen LogP contribution is 2.30. The number of hydrogen-bond donors (Lipinski definition) is 2. The lowest BCUT2D eigenvalue weighted by Gasteiger charge is -2.21. The Bertz CT molecular complexity index is 904. The summed E-state index contributed by atoms with van der Waals surface area (Å²) in [5, 5.41) is 3.09. The third kappa shape index (κ3) is 3.74. The fourth-order valence-electron chi connectivity index (χ4n) is 3.11. The molecule has 3 rings (SSSR count). The van der Waals surface area contributed by atoms with Crippen LogP contribution in [0.2, 0.25) is 0 Å². The number of aromatic amines is 1. The maximum absolute atomic E-state index is 12.9. The molecule has 0 aliphatic carbocycles. The number of aromatic nitrogens is 2. The number of benzene rings is 2. The summed E-state index contributed by atoms with van der Waals surface area (Å²) in [6.45, 7) is 5.99. The number of carbonyl (C=O) groups is 1. The largest absolute Gasteiger partial charge is 0.496 e. The summed E-state index contributed by atoms with van der Waals surface area (Å²) in [6.07, 6.45) is 0. The van der Waals surface area contributed by atoms with E-state index in [9.17, 15) is 4.79 Å². The maximum Gasteiger partial charge on any atom is 0.252 e. The Morgan fingerprint density at radius 2 is 1.74 bits per heavy atom. The van der Waals surface area contributed by atoms with Crippen LogP contribution in [0, 0.1) is 12.8 Å². The lowest BCUT2D eigenvalue weighted by atomic mass is 10.0. The Kier molecular flexibility index (Phi) is 5.35. The average molecular weight is 367 g/mol. The second-order valence-corrected chi connectivity index (χ2v) is 6.84. The molecular formula is C21H25N3O3. The van der Waals surface area contributed by atoms with Crippen LogP contribution in [0.1, 0.15) is 41.6 Å². The lowest BCUT2D eigenvalue weighted by molar-refractivity contribution is 0.0922. The van der Waals surface area contributed by atoms with Gasteiger partial charge in [-0.25, -0.2) is 4.98 Å². The summed E-state index contributed by atoms with van der Waals surface area (Å²) in [6, 6.07) is 11.0. The number of carbonyl (C=O) groups excluding carboxylic acids is 1. The molecule has 1 amide bonds. The summed E-state index contributed by atoms with van der Waals surface area (Å²) in [5.41, 5.74) is 3.17. The van der Waals surface area contributed by atoms with Crippen LogP contribution in [0.15, 0.2) is 36.4 Å². The Balaban J connectivity index is 1.92. The molecule has 6 nitrogen and oxygen atoms in total. The zero-order chi connectivity index (χ0) is 19.6. The molecule has 0 radical (unpaired) electrons. The van der Waals surface area contributed by atoms with Crippen molar-refractivity contribution in [2.75, 3.05) is 14.2 Å². The zero-order valence-electron chi connectivity index (χ0n) is 16.3. The van der Waals surface area contributed by atoms with Crippen LogP contribution in [0.3, 0.4) is 0 Å². The van der Waals surface area contributed by atoms with Crippen molar-refractivity contribution < 1.29 is 14.3 Å². The van der Waals surface area contributed by atoms with Gasteiger partial charge >= 0.3 is 0 Å². The highest BCUT2D eigenvalue weighted by atomic mass is 16.5. The molecule has 0 spiro atoms. The average Bonchev–Trinajstić information content (AvgIpc) is 3.09. The van der Waals surface area contributed by atoms with Gasteiger partial charge in [0, 0.05) is 11.1 Å². The molecule has 0 saturated carbocycles. The van der Waals surface area contributed by atoms with Crippen molar-refractivity contribution in [1.29, 1.82) is 0 Å². The predicted molar refractivity (Wildman–Crippen MR) is 105 cm³/mol. The minimum Gasteiger partial charge on any atom is -0.496 e. The summed E-state index contributed by atoms with van der Waals surface area (Å²) in [7, 11) is 3.16. The van der Waals surface area contributed by atoms with Crippen LogP contribution in [0.5, 0.6) is 11.5 Å². The normalized spacial score (nSPS) is 12.2. The second-order valence-electron chi connectivity index (χ2n) is 6.84. The molecule has 1 unspecified atom stereocenters. The van der Waals surface area contributed by atoms with Gasteiger partial charge < -0.3 is 19.8 Å². The van der Waals surface area contributed by atoms with Crippen LogP contribution in [-0.4, -0.2) is 30.1 Å². The van der Waals surface area contributed by atoms with E-state index in [1.54, 1.807) is 26.4 Å². The minimum absolute atomic E-state index is 0.156. The summed E-state index contributed by atoms with van der Waals surface area (Å²) < 4.78 is 10.8. The molecule has 2 aromatic carbocycles. The van der Waals surface area contributed by atoms with E-state index in [1.165, 1.54) is 0 Å². The van der Waals surface area contributed by atoms with Crippen molar-refractivity contribution >= 4 is 16.9 Å². The van der Waals surface area contributed by atoms with Gasteiger partial charge in [-0.2, -0.15) is 0 Å². The molecule has 0 saturated heterocycles. The molecule has 1 atom stereocenters. The van der Waals surface area contributed by atoms with Gasteiger partial charge in [-0.3, -0.25) is 4.79 Å². The number of H-pyrrole nitrogens is 1. The van der Waals surface area contributed by atoms with Gasteiger partial charge in [-0.05, 0) is 37.1 Å². The number of amides is 1. The molecule has 6 heteroatoms.